The molecule has 0 saturated heterocycles. The lowest BCUT2D eigenvalue weighted by molar-refractivity contribution is -0.289. The maximum absolute atomic E-state index is 12.6. The van der Waals surface area contributed by atoms with Crippen LogP contribution >= 0.6 is 0 Å². The zero-order valence-electron chi connectivity index (χ0n) is 7.85. The van der Waals surface area contributed by atoms with Crippen LogP contribution in [0.15, 0.2) is 24.3 Å². The Balaban J connectivity index is 2.77. The van der Waals surface area contributed by atoms with Gasteiger partial charge < -0.3 is 5.11 Å². The first-order chi connectivity index (χ1) is 6.69. The van der Waals surface area contributed by atoms with Gasteiger partial charge in [-0.3, -0.25) is 5.26 Å². The predicted molar refractivity (Wildman–Crippen MR) is 49.4 cm³/mol. The molecule has 0 amide bonds. The molecule has 0 fully saturated rings. The van der Waals surface area contributed by atoms with Crippen LogP contribution in [0.4, 0.5) is 4.39 Å². The normalized spacial score (nSPS) is 15.1. The van der Waals surface area contributed by atoms with E-state index in [-0.39, 0.29) is 18.3 Å². The van der Waals surface area contributed by atoms with E-state index in [1.807, 2.05) is 0 Å². The van der Waals surface area contributed by atoms with Crippen LogP contribution in [-0.2, 0) is 4.89 Å². The Morgan fingerprint density at radius 1 is 1.36 bits per heavy atom. The van der Waals surface area contributed by atoms with Crippen LogP contribution in [0, 0.1) is 5.82 Å². The number of aliphatic hydroxyl groups is 1. The summed E-state index contributed by atoms with van der Waals surface area (Å²) < 4.78 is 12.6. The molecule has 0 aromatic heterocycles. The van der Waals surface area contributed by atoms with Crippen molar-refractivity contribution in [3.8, 4) is 0 Å². The van der Waals surface area contributed by atoms with E-state index < -0.39 is 6.10 Å². The highest BCUT2D eigenvalue weighted by Gasteiger charge is 2.18. The minimum absolute atomic E-state index is 0.189. The van der Waals surface area contributed by atoms with Crippen LogP contribution in [0.5, 0.6) is 0 Å². The van der Waals surface area contributed by atoms with Gasteiger partial charge in [0.1, 0.15) is 11.9 Å². The lowest BCUT2D eigenvalue weighted by Gasteiger charge is -2.18. The summed E-state index contributed by atoms with van der Waals surface area (Å²) in [4.78, 5) is 4.10. The monoisotopic (exact) mass is 200 g/mol. The quantitative estimate of drug-likeness (QED) is 0.575. The molecule has 14 heavy (non-hydrogen) atoms. The largest absolute Gasteiger partial charge is 0.394 e. The van der Waals surface area contributed by atoms with Gasteiger partial charge >= 0.3 is 0 Å². The lowest BCUT2D eigenvalue weighted by atomic mass is 9.96. The molecular formula is C10H13FO3. The van der Waals surface area contributed by atoms with E-state index in [9.17, 15) is 4.39 Å². The van der Waals surface area contributed by atoms with E-state index in [1.54, 1.807) is 19.1 Å². The highest BCUT2D eigenvalue weighted by Crippen LogP contribution is 2.20. The van der Waals surface area contributed by atoms with Crippen molar-refractivity contribution in [1.29, 1.82) is 0 Å². The third kappa shape index (κ3) is 2.51. The second-order valence-electron chi connectivity index (χ2n) is 3.17. The first-order valence-electron chi connectivity index (χ1n) is 4.35. The Morgan fingerprint density at radius 3 is 2.36 bits per heavy atom. The molecule has 78 valence electrons. The number of halogens is 1. The molecule has 4 heteroatoms. The molecule has 0 saturated carbocycles. The first kappa shape index (κ1) is 11.1. The van der Waals surface area contributed by atoms with Gasteiger partial charge in [0.15, 0.2) is 0 Å². The highest BCUT2D eigenvalue weighted by molar-refractivity contribution is 5.20. The summed E-state index contributed by atoms with van der Waals surface area (Å²) in [6, 6.07) is 5.86. The zero-order valence-corrected chi connectivity index (χ0v) is 7.85. The van der Waals surface area contributed by atoms with E-state index in [2.05, 4.69) is 4.89 Å². The van der Waals surface area contributed by atoms with Crippen molar-refractivity contribution < 1.29 is 19.6 Å². The Hall–Kier alpha value is -0.970. The van der Waals surface area contributed by atoms with Crippen LogP contribution in [0.1, 0.15) is 18.4 Å². The first-order valence-corrected chi connectivity index (χ1v) is 4.35. The Bertz CT molecular complexity index is 269. The Kier molecular flexibility index (Phi) is 4.00. The second kappa shape index (κ2) is 5.05. The van der Waals surface area contributed by atoms with Gasteiger partial charge in [-0.1, -0.05) is 19.1 Å². The molecule has 0 aliphatic rings. The molecule has 2 atom stereocenters. The number of aliphatic hydroxyl groups excluding tert-OH is 1. The van der Waals surface area contributed by atoms with Gasteiger partial charge in [-0.25, -0.2) is 9.28 Å². The average molecular weight is 200 g/mol. The van der Waals surface area contributed by atoms with Crippen molar-refractivity contribution in [1.82, 2.24) is 0 Å². The SMILES string of the molecule is CC(c1ccc(F)cc1)C(CO)OO. The fraction of sp³-hybridized carbons (Fsp3) is 0.400. The standard InChI is InChI=1S/C10H13FO3/c1-7(10(6-12)14-13)8-2-4-9(11)5-3-8/h2-5,7,10,12-13H,6H2,1H3. The summed E-state index contributed by atoms with van der Waals surface area (Å²) in [6.45, 7) is 1.50. The zero-order chi connectivity index (χ0) is 10.6. The molecular weight excluding hydrogens is 187 g/mol. The van der Waals surface area contributed by atoms with E-state index in [0.717, 1.165) is 5.56 Å². The third-order valence-electron chi connectivity index (χ3n) is 2.27. The van der Waals surface area contributed by atoms with Gasteiger partial charge in [-0.15, -0.1) is 0 Å². The minimum atomic E-state index is -0.680. The van der Waals surface area contributed by atoms with Crippen molar-refractivity contribution in [2.75, 3.05) is 6.61 Å². The molecule has 1 aromatic carbocycles. The van der Waals surface area contributed by atoms with Crippen LogP contribution in [0.2, 0.25) is 0 Å². The molecule has 2 unspecified atom stereocenters. The van der Waals surface area contributed by atoms with Crippen LogP contribution in [-0.4, -0.2) is 23.1 Å². The topological polar surface area (TPSA) is 49.7 Å². The molecule has 0 bridgehead atoms. The van der Waals surface area contributed by atoms with E-state index >= 15 is 0 Å². The van der Waals surface area contributed by atoms with Crippen LogP contribution in [0.25, 0.3) is 0 Å². The average Bonchev–Trinajstić information content (AvgIpc) is 2.20. The molecule has 0 radical (unpaired) electrons. The highest BCUT2D eigenvalue weighted by atomic mass is 19.1. The van der Waals surface area contributed by atoms with E-state index in [1.165, 1.54) is 12.1 Å². The van der Waals surface area contributed by atoms with Gasteiger partial charge in [0.25, 0.3) is 0 Å². The van der Waals surface area contributed by atoms with Crippen molar-refractivity contribution in [2.45, 2.75) is 18.9 Å². The van der Waals surface area contributed by atoms with Crippen molar-refractivity contribution in [2.24, 2.45) is 0 Å². The molecule has 0 spiro atoms. The van der Waals surface area contributed by atoms with Gasteiger partial charge in [0.2, 0.25) is 0 Å². The predicted octanol–water partition coefficient (Wildman–Crippen LogP) is 1.78. The third-order valence-corrected chi connectivity index (χ3v) is 2.27. The minimum Gasteiger partial charge on any atom is -0.394 e. The number of rotatable bonds is 4. The lowest BCUT2D eigenvalue weighted by Crippen LogP contribution is -2.23. The maximum atomic E-state index is 12.6. The second-order valence-corrected chi connectivity index (χ2v) is 3.17. The van der Waals surface area contributed by atoms with Gasteiger partial charge in [-0.2, -0.15) is 0 Å². The molecule has 1 aromatic rings. The van der Waals surface area contributed by atoms with Crippen molar-refractivity contribution in [3.63, 3.8) is 0 Å². The Labute approximate surface area is 81.7 Å². The fourth-order valence-electron chi connectivity index (χ4n) is 1.26. The summed E-state index contributed by atoms with van der Waals surface area (Å²) >= 11 is 0. The molecule has 0 aliphatic carbocycles. The number of benzene rings is 1. The van der Waals surface area contributed by atoms with Gasteiger partial charge in [0, 0.05) is 5.92 Å². The van der Waals surface area contributed by atoms with Crippen LogP contribution in [0.3, 0.4) is 0 Å². The van der Waals surface area contributed by atoms with Crippen molar-refractivity contribution >= 4 is 0 Å². The fourth-order valence-corrected chi connectivity index (χ4v) is 1.26. The van der Waals surface area contributed by atoms with E-state index in [0.29, 0.717) is 0 Å². The summed E-state index contributed by atoms with van der Waals surface area (Å²) in [5.41, 5.74) is 0.805. The van der Waals surface area contributed by atoms with Crippen molar-refractivity contribution in [3.05, 3.63) is 35.6 Å². The molecule has 1 rings (SSSR count). The van der Waals surface area contributed by atoms with Gasteiger partial charge in [-0.05, 0) is 17.7 Å². The summed E-state index contributed by atoms with van der Waals surface area (Å²) in [7, 11) is 0. The summed E-state index contributed by atoms with van der Waals surface area (Å²) in [6.07, 6.45) is -0.680. The van der Waals surface area contributed by atoms with Crippen LogP contribution < -0.4 is 0 Å². The Morgan fingerprint density at radius 2 is 1.93 bits per heavy atom. The maximum Gasteiger partial charge on any atom is 0.123 e. The summed E-state index contributed by atoms with van der Waals surface area (Å²) in [5.74, 6) is -0.503. The molecule has 0 heterocycles. The summed E-state index contributed by atoms with van der Waals surface area (Å²) in [5, 5.41) is 17.3. The van der Waals surface area contributed by atoms with E-state index in [4.69, 9.17) is 10.4 Å². The number of hydrogen-bond donors (Lipinski definition) is 2. The molecule has 2 N–H and O–H groups in total. The molecule has 3 nitrogen and oxygen atoms in total. The van der Waals surface area contributed by atoms with Gasteiger partial charge in [0.05, 0.1) is 6.61 Å². The smallest absolute Gasteiger partial charge is 0.123 e. The number of hydrogen-bond acceptors (Lipinski definition) is 3. The molecule has 0 aliphatic heterocycles.